The number of hydrogen-bond donors (Lipinski definition) is 0. The lowest BCUT2D eigenvalue weighted by Crippen LogP contribution is -2.34. The van der Waals surface area contributed by atoms with Crippen LogP contribution in [0.1, 0.15) is 12.5 Å². The van der Waals surface area contributed by atoms with Crippen LogP contribution in [-0.2, 0) is 0 Å². The van der Waals surface area contributed by atoms with Gasteiger partial charge in [-0.2, -0.15) is 5.10 Å². The molecule has 2 aromatic carbocycles. The monoisotopic (exact) mass is 641 g/mol. The molecule has 5 rings (SSSR count). The van der Waals surface area contributed by atoms with Crippen molar-refractivity contribution in [1.82, 2.24) is 0 Å². The van der Waals surface area contributed by atoms with Crippen LogP contribution >= 0.6 is 88.3 Å². The molecule has 3 heterocycles. The van der Waals surface area contributed by atoms with Gasteiger partial charge in [0.2, 0.25) is 0 Å². The standard InChI is InChI=1S/C21H13Br2N3OS5/c1-2-25-15(20(28)30-21-16(25)19(27)31-32-21)18-26(14-9-7-13(23)8-10-14)24-17(29-18)11-3-5-12(22)6-4-11/h3-10H,2H2,1H3/b18-15+. The fraction of sp³-hybridized carbons (Fsp3) is 0.0952. The van der Waals surface area contributed by atoms with Crippen LogP contribution in [0.15, 0.2) is 82.3 Å². The molecule has 0 aliphatic carbocycles. The SMILES string of the molecule is CCN1/C(=C2/SC(c3ccc(Br)cc3)=NN2c2ccc(Br)cc2)C(=S)Sc2ssc(=O)c21. The fourth-order valence-corrected chi connectivity index (χ4v) is 9.23. The lowest BCUT2D eigenvalue weighted by atomic mass is 10.2. The molecule has 0 atom stereocenters. The highest BCUT2D eigenvalue weighted by Gasteiger charge is 2.37. The third-order valence-electron chi connectivity index (χ3n) is 4.76. The first-order valence-corrected chi connectivity index (χ1v) is 15.2. The Labute approximate surface area is 223 Å². The second kappa shape index (κ2) is 9.36. The van der Waals surface area contributed by atoms with Gasteiger partial charge in [0.05, 0.1) is 11.4 Å². The third kappa shape index (κ3) is 4.17. The van der Waals surface area contributed by atoms with E-state index >= 15 is 0 Å². The van der Waals surface area contributed by atoms with Crippen LogP contribution in [0.5, 0.6) is 0 Å². The van der Waals surface area contributed by atoms with E-state index in [1.165, 1.54) is 32.4 Å². The summed E-state index contributed by atoms with van der Waals surface area (Å²) in [6.07, 6.45) is 0. The van der Waals surface area contributed by atoms with E-state index in [4.69, 9.17) is 17.3 Å². The summed E-state index contributed by atoms with van der Waals surface area (Å²) in [6, 6.07) is 16.1. The minimum absolute atomic E-state index is 0.0761. The number of thioether (sulfide) groups is 2. The first kappa shape index (κ1) is 22.8. The van der Waals surface area contributed by atoms with Gasteiger partial charge in [0.15, 0.2) is 0 Å². The first-order chi connectivity index (χ1) is 15.5. The molecular formula is C21H13Br2N3OS5. The summed E-state index contributed by atoms with van der Waals surface area (Å²) in [4.78, 5) is 14.7. The molecule has 2 aliphatic rings. The van der Waals surface area contributed by atoms with Crippen molar-refractivity contribution >= 4 is 109 Å². The molecule has 162 valence electrons. The summed E-state index contributed by atoms with van der Waals surface area (Å²) < 4.78 is 3.82. The molecule has 0 spiro atoms. The zero-order chi connectivity index (χ0) is 22.4. The third-order valence-corrected chi connectivity index (χ3v) is 10.9. The Bertz CT molecular complexity index is 1330. The van der Waals surface area contributed by atoms with Gasteiger partial charge in [-0.25, -0.2) is 5.01 Å². The highest BCUT2D eigenvalue weighted by molar-refractivity contribution is 9.10. The highest BCUT2D eigenvalue weighted by atomic mass is 79.9. The Morgan fingerprint density at radius 2 is 1.62 bits per heavy atom. The molecule has 4 nitrogen and oxygen atoms in total. The first-order valence-electron chi connectivity index (χ1n) is 9.41. The predicted octanol–water partition coefficient (Wildman–Crippen LogP) is 7.74. The lowest BCUT2D eigenvalue weighted by Gasteiger charge is -2.32. The molecule has 0 saturated carbocycles. The number of hydrazone groups is 1. The van der Waals surface area contributed by atoms with Gasteiger partial charge >= 0.3 is 0 Å². The van der Waals surface area contributed by atoms with Gasteiger partial charge in [0.1, 0.15) is 24.2 Å². The zero-order valence-corrected chi connectivity index (χ0v) is 23.6. The van der Waals surface area contributed by atoms with Gasteiger partial charge in [0, 0.05) is 21.1 Å². The van der Waals surface area contributed by atoms with Crippen molar-refractivity contribution in [3.63, 3.8) is 0 Å². The van der Waals surface area contributed by atoms with Crippen LogP contribution in [0.4, 0.5) is 11.4 Å². The predicted molar refractivity (Wildman–Crippen MR) is 152 cm³/mol. The molecule has 32 heavy (non-hydrogen) atoms. The molecule has 0 amide bonds. The van der Waals surface area contributed by atoms with Crippen molar-refractivity contribution in [2.24, 2.45) is 5.10 Å². The second-order valence-corrected chi connectivity index (χ2v) is 13.5. The number of rotatable bonds is 3. The summed E-state index contributed by atoms with van der Waals surface area (Å²) in [5.74, 6) is 0. The number of thiocarbonyl (C=S) groups is 1. The van der Waals surface area contributed by atoms with Crippen molar-refractivity contribution in [2.45, 2.75) is 11.1 Å². The average Bonchev–Trinajstić information content (AvgIpc) is 3.38. The van der Waals surface area contributed by atoms with Gasteiger partial charge in [0.25, 0.3) is 4.74 Å². The number of hydrogen-bond acceptors (Lipinski definition) is 9. The van der Waals surface area contributed by atoms with Crippen LogP contribution < -0.4 is 14.7 Å². The average molecular weight is 643 g/mol. The molecule has 2 aliphatic heterocycles. The van der Waals surface area contributed by atoms with E-state index in [0.29, 0.717) is 6.54 Å². The van der Waals surface area contributed by atoms with E-state index in [2.05, 4.69) is 36.8 Å². The van der Waals surface area contributed by atoms with Crippen LogP contribution in [0.3, 0.4) is 0 Å². The summed E-state index contributed by atoms with van der Waals surface area (Å²) in [5, 5.41) is 8.70. The Morgan fingerprint density at radius 1 is 0.969 bits per heavy atom. The molecule has 11 heteroatoms. The zero-order valence-electron chi connectivity index (χ0n) is 16.4. The van der Waals surface area contributed by atoms with E-state index in [9.17, 15) is 4.79 Å². The maximum Gasteiger partial charge on any atom is 0.267 e. The number of benzene rings is 2. The Hall–Kier alpha value is -0.950. The Kier molecular flexibility index (Phi) is 6.68. The van der Waals surface area contributed by atoms with Gasteiger partial charge in [-0.3, -0.25) is 4.79 Å². The second-order valence-electron chi connectivity index (χ2n) is 6.68. The largest absolute Gasteiger partial charge is 0.332 e. The van der Waals surface area contributed by atoms with Crippen molar-refractivity contribution in [3.8, 4) is 0 Å². The van der Waals surface area contributed by atoms with Crippen LogP contribution in [-0.4, -0.2) is 15.8 Å². The Morgan fingerprint density at radius 3 is 2.28 bits per heavy atom. The summed E-state index contributed by atoms with van der Waals surface area (Å²) in [7, 11) is 2.76. The van der Waals surface area contributed by atoms with Crippen LogP contribution in [0, 0.1) is 0 Å². The maximum atomic E-state index is 12.7. The van der Waals surface area contributed by atoms with Crippen molar-refractivity contribution < 1.29 is 0 Å². The van der Waals surface area contributed by atoms with E-state index in [0.717, 1.165) is 50.1 Å². The molecule has 0 radical (unpaired) electrons. The molecular weight excluding hydrogens is 630 g/mol. The van der Waals surface area contributed by atoms with Gasteiger partial charge in [-0.05, 0) is 65.4 Å². The highest BCUT2D eigenvalue weighted by Crippen LogP contribution is 2.48. The van der Waals surface area contributed by atoms with Gasteiger partial charge in [-0.15, -0.1) is 0 Å². The van der Waals surface area contributed by atoms with Crippen LogP contribution in [0.25, 0.3) is 0 Å². The molecule has 0 saturated heterocycles. The Balaban J connectivity index is 1.68. The molecule has 0 bridgehead atoms. The topological polar surface area (TPSA) is 35.9 Å². The lowest BCUT2D eigenvalue weighted by molar-refractivity contribution is 0.956. The van der Waals surface area contributed by atoms with E-state index in [1.807, 2.05) is 60.5 Å². The van der Waals surface area contributed by atoms with E-state index in [-0.39, 0.29) is 4.74 Å². The fourth-order valence-electron chi connectivity index (χ4n) is 3.30. The summed E-state index contributed by atoms with van der Waals surface area (Å²) >= 11 is 16.0. The molecule has 1 aromatic heterocycles. The minimum Gasteiger partial charge on any atom is -0.332 e. The quantitative estimate of drug-likeness (QED) is 0.165. The van der Waals surface area contributed by atoms with Crippen molar-refractivity contribution in [3.05, 3.63) is 83.3 Å². The number of fused-ring (bicyclic) bond motifs is 1. The van der Waals surface area contributed by atoms with Crippen molar-refractivity contribution in [2.75, 3.05) is 16.5 Å². The smallest absolute Gasteiger partial charge is 0.267 e. The summed E-state index contributed by atoms with van der Waals surface area (Å²) in [5.41, 5.74) is 3.56. The molecule has 0 unspecified atom stereocenters. The number of anilines is 2. The van der Waals surface area contributed by atoms with Crippen LogP contribution in [0.2, 0.25) is 0 Å². The van der Waals surface area contributed by atoms with Gasteiger partial charge in [-0.1, -0.05) is 78.3 Å². The molecule has 3 aromatic rings. The normalized spacial score (nSPS) is 18.2. The van der Waals surface area contributed by atoms with E-state index < -0.39 is 0 Å². The van der Waals surface area contributed by atoms with E-state index in [1.54, 1.807) is 11.8 Å². The number of halogens is 2. The number of nitrogens with zero attached hydrogens (tertiary/aromatic N) is 3. The van der Waals surface area contributed by atoms with Gasteiger partial charge < -0.3 is 4.90 Å². The molecule has 0 fully saturated rings. The molecule has 0 N–H and O–H groups in total. The maximum absolute atomic E-state index is 12.7. The van der Waals surface area contributed by atoms with Crippen molar-refractivity contribution in [1.29, 1.82) is 0 Å². The summed E-state index contributed by atoms with van der Waals surface area (Å²) in [6.45, 7) is 2.69. The minimum atomic E-state index is 0.0761.